The fourth-order valence-corrected chi connectivity index (χ4v) is 1.56. The quantitative estimate of drug-likeness (QED) is 0.579. The molecule has 1 aliphatic heterocycles. The van der Waals surface area contributed by atoms with Gasteiger partial charge in [0.15, 0.2) is 0 Å². The molecule has 2 atom stereocenters. The lowest BCUT2D eigenvalue weighted by molar-refractivity contribution is -0.135. The third-order valence-electron chi connectivity index (χ3n) is 2.25. The molecular formula is C8H16N2O2. The predicted molar refractivity (Wildman–Crippen MR) is 45.3 cm³/mol. The highest BCUT2D eigenvalue weighted by Gasteiger charge is 2.26. The van der Waals surface area contributed by atoms with E-state index < -0.39 is 0 Å². The summed E-state index contributed by atoms with van der Waals surface area (Å²) in [6.07, 6.45) is 2.26. The maximum Gasteiger partial charge on any atom is 0.260 e. The van der Waals surface area contributed by atoms with E-state index in [4.69, 9.17) is 0 Å². The van der Waals surface area contributed by atoms with Gasteiger partial charge >= 0.3 is 0 Å². The zero-order valence-corrected chi connectivity index (χ0v) is 7.59. The smallest absolute Gasteiger partial charge is 0.260 e. The van der Waals surface area contributed by atoms with Gasteiger partial charge in [0.05, 0.1) is 13.2 Å². The third kappa shape index (κ3) is 2.19. The van der Waals surface area contributed by atoms with Crippen LogP contribution in [-0.2, 0) is 9.63 Å². The molecule has 1 aliphatic rings. The molecule has 1 saturated heterocycles. The molecule has 0 aliphatic carbocycles. The van der Waals surface area contributed by atoms with E-state index >= 15 is 0 Å². The second kappa shape index (κ2) is 4.42. The van der Waals surface area contributed by atoms with Crippen molar-refractivity contribution < 1.29 is 9.63 Å². The van der Waals surface area contributed by atoms with E-state index in [1.54, 1.807) is 0 Å². The molecule has 12 heavy (non-hydrogen) atoms. The van der Waals surface area contributed by atoms with E-state index in [2.05, 4.69) is 22.6 Å². The van der Waals surface area contributed by atoms with Gasteiger partial charge in [-0.2, -0.15) is 0 Å². The Bertz CT molecular complexity index is 161. The normalized spacial score (nSPS) is 29.8. The molecule has 0 aromatic rings. The van der Waals surface area contributed by atoms with E-state index in [1.807, 2.05) is 0 Å². The number of piperidine rings is 1. The number of rotatable bonds is 2. The molecule has 4 nitrogen and oxygen atoms in total. The van der Waals surface area contributed by atoms with Crippen LogP contribution < -0.4 is 10.8 Å². The summed E-state index contributed by atoms with van der Waals surface area (Å²) >= 11 is 0. The van der Waals surface area contributed by atoms with Gasteiger partial charge in [-0.1, -0.05) is 6.92 Å². The van der Waals surface area contributed by atoms with Crippen molar-refractivity contribution in [2.45, 2.75) is 25.8 Å². The van der Waals surface area contributed by atoms with Gasteiger partial charge in [0, 0.05) is 0 Å². The number of hydrogen-bond acceptors (Lipinski definition) is 3. The second-order valence-electron chi connectivity index (χ2n) is 3.22. The first-order chi connectivity index (χ1) is 5.75. The van der Waals surface area contributed by atoms with Crippen molar-refractivity contribution in [3.8, 4) is 0 Å². The summed E-state index contributed by atoms with van der Waals surface area (Å²) in [5, 5.41) is 3.16. The van der Waals surface area contributed by atoms with Crippen LogP contribution in [0.4, 0.5) is 0 Å². The summed E-state index contributed by atoms with van der Waals surface area (Å²) in [6.45, 7) is 3.00. The minimum Gasteiger partial charge on any atom is -0.306 e. The van der Waals surface area contributed by atoms with E-state index in [0.29, 0.717) is 5.92 Å². The molecule has 2 N–H and O–H groups in total. The van der Waals surface area contributed by atoms with E-state index in [-0.39, 0.29) is 11.9 Å². The first kappa shape index (κ1) is 9.48. The third-order valence-corrected chi connectivity index (χ3v) is 2.25. The maximum atomic E-state index is 11.3. The number of carbonyl (C=O) groups is 1. The van der Waals surface area contributed by atoms with E-state index in [0.717, 1.165) is 19.4 Å². The molecule has 0 aromatic heterocycles. The van der Waals surface area contributed by atoms with Crippen molar-refractivity contribution in [3.05, 3.63) is 0 Å². The van der Waals surface area contributed by atoms with Crippen LogP contribution >= 0.6 is 0 Å². The lowest BCUT2D eigenvalue weighted by atomic mass is 9.92. The molecule has 70 valence electrons. The number of carbonyl (C=O) groups excluding carboxylic acids is 1. The van der Waals surface area contributed by atoms with Gasteiger partial charge in [0.25, 0.3) is 5.91 Å². The lowest BCUT2D eigenvalue weighted by Gasteiger charge is -2.28. The van der Waals surface area contributed by atoms with Crippen molar-refractivity contribution in [3.63, 3.8) is 0 Å². The van der Waals surface area contributed by atoms with Gasteiger partial charge < -0.3 is 5.32 Å². The topological polar surface area (TPSA) is 50.4 Å². The lowest BCUT2D eigenvalue weighted by Crippen LogP contribution is -2.50. The van der Waals surface area contributed by atoms with Gasteiger partial charge in [-0.15, -0.1) is 0 Å². The van der Waals surface area contributed by atoms with Crippen LogP contribution in [0.5, 0.6) is 0 Å². The van der Waals surface area contributed by atoms with Crippen LogP contribution in [0, 0.1) is 5.92 Å². The van der Waals surface area contributed by atoms with Gasteiger partial charge in [0.1, 0.15) is 0 Å². The van der Waals surface area contributed by atoms with Crippen molar-refractivity contribution in [2.75, 3.05) is 13.7 Å². The summed E-state index contributed by atoms with van der Waals surface area (Å²) in [5.74, 6) is 0.332. The molecule has 2 unspecified atom stereocenters. The zero-order valence-electron chi connectivity index (χ0n) is 7.59. The largest absolute Gasteiger partial charge is 0.306 e. The molecule has 1 amide bonds. The summed E-state index contributed by atoms with van der Waals surface area (Å²) in [4.78, 5) is 15.9. The standard InChI is InChI=1S/C8H16N2O2/c1-6-4-3-5-9-7(6)8(11)10-12-2/h6-7,9H,3-5H2,1-2H3,(H,10,11). The van der Waals surface area contributed by atoms with E-state index in [9.17, 15) is 4.79 Å². The number of hydroxylamine groups is 1. The average molecular weight is 172 g/mol. The molecule has 0 spiro atoms. The number of nitrogens with one attached hydrogen (secondary N) is 2. The van der Waals surface area contributed by atoms with Gasteiger partial charge in [-0.25, -0.2) is 5.48 Å². The van der Waals surface area contributed by atoms with E-state index in [1.165, 1.54) is 7.11 Å². The SMILES string of the molecule is CONC(=O)C1NCCCC1C. The molecule has 1 heterocycles. The minimum absolute atomic E-state index is 0.0651. The fourth-order valence-electron chi connectivity index (χ4n) is 1.56. The van der Waals surface area contributed by atoms with Crippen molar-refractivity contribution >= 4 is 5.91 Å². The molecule has 4 heteroatoms. The minimum atomic E-state index is -0.0845. The second-order valence-corrected chi connectivity index (χ2v) is 3.22. The van der Waals surface area contributed by atoms with Crippen LogP contribution in [0.25, 0.3) is 0 Å². The summed E-state index contributed by atoms with van der Waals surface area (Å²) < 4.78 is 0. The van der Waals surface area contributed by atoms with Gasteiger partial charge in [0.2, 0.25) is 0 Å². The number of hydrogen-bond donors (Lipinski definition) is 2. The monoisotopic (exact) mass is 172 g/mol. The summed E-state index contributed by atoms with van der Waals surface area (Å²) in [5.41, 5.74) is 2.34. The molecule has 0 saturated carbocycles. The molecule has 0 aromatic carbocycles. The Labute approximate surface area is 72.6 Å². The number of amides is 1. The Kier molecular flexibility index (Phi) is 3.49. The molecule has 0 bridgehead atoms. The Balaban J connectivity index is 2.42. The highest BCUT2D eigenvalue weighted by Crippen LogP contribution is 2.15. The Morgan fingerprint density at radius 2 is 2.42 bits per heavy atom. The van der Waals surface area contributed by atoms with Crippen molar-refractivity contribution in [1.82, 2.24) is 10.8 Å². The summed E-state index contributed by atoms with van der Waals surface area (Å²) in [6, 6.07) is -0.0845. The maximum absolute atomic E-state index is 11.3. The first-order valence-electron chi connectivity index (χ1n) is 4.32. The fraction of sp³-hybridized carbons (Fsp3) is 0.875. The average Bonchev–Trinajstić information content (AvgIpc) is 2.05. The predicted octanol–water partition coefficient (Wildman–Crippen LogP) is 0.0521. The van der Waals surface area contributed by atoms with Crippen molar-refractivity contribution in [1.29, 1.82) is 0 Å². The van der Waals surface area contributed by atoms with Crippen LogP contribution in [0.1, 0.15) is 19.8 Å². The van der Waals surface area contributed by atoms with Crippen LogP contribution in [0.15, 0.2) is 0 Å². The van der Waals surface area contributed by atoms with Crippen LogP contribution in [0.2, 0.25) is 0 Å². The highest BCUT2D eigenvalue weighted by molar-refractivity contribution is 5.81. The van der Waals surface area contributed by atoms with Gasteiger partial charge in [-0.3, -0.25) is 9.63 Å². The van der Waals surface area contributed by atoms with Gasteiger partial charge in [-0.05, 0) is 25.3 Å². The van der Waals surface area contributed by atoms with Crippen LogP contribution in [-0.4, -0.2) is 25.6 Å². The molecule has 1 rings (SSSR count). The Morgan fingerprint density at radius 1 is 1.67 bits per heavy atom. The first-order valence-corrected chi connectivity index (χ1v) is 4.32. The Morgan fingerprint density at radius 3 is 3.00 bits per heavy atom. The highest BCUT2D eigenvalue weighted by atomic mass is 16.6. The van der Waals surface area contributed by atoms with Crippen LogP contribution in [0.3, 0.4) is 0 Å². The molecular weight excluding hydrogens is 156 g/mol. The molecule has 1 fully saturated rings. The Hall–Kier alpha value is -0.610. The zero-order chi connectivity index (χ0) is 8.97. The molecule has 0 radical (unpaired) electrons. The van der Waals surface area contributed by atoms with Crippen molar-refractivity contribution in [2.24, 2.45) is 5.92 Å². The summed E-state index contributed by atoms with van der Waals surface area (Å²) in [7, 11) is 1.45.